The van der Waals surface area contributed by atoms with Crippen molar-refractivity contribution in [1.29, 1.82) is 0 Å². The number of methoxy groups -OCH3 is 1. The van der Waals surface area contributed by atoms with Gasteiger partial charge in [-0.15, -0.1) is 0 Å². The number of hydrogen-bond donors (Lipinski definition) is 1. The second-order valence-corrected chi connectivity index (χ2v) is 5.30. The monoisotopic (exact) mass is 290 g/mol. The maximum atomic E-state index is 10.6. The Balaban J connectivity index is 2.56. The molecule has 0 aliphatic heterocycles. The Hall–Kier alpha value is -1.77. The number of aliphatic carboxylic acids is 1. The quantitative estimate of drug-likeness (QED) is 0.502. The van der Waals surface area contributed by atoms with Gasteiger partial charge in [-0.25, -0.2) is 4.79 Å². The number of rotatable bonds is 10. The first-order valence-corrected chi connectivity index (χ1v) is 7.74. The molecule has 0 aromatic heterocycles. The molecule has 0 bridgehead atoms. The Morgan fingerprint density at radius 1 is 1.14 bits per heavy atom. The standard InChI is InChI=1S/C18H26O3/c1-3-4-5-6-7-8-9-15-12-16(10-11-18(19)20)14-17(13-15)21-2/h10-14H,3-9H2,1-2H3,(H,19,20). The molecule has 0 radical (unpaired) electrons. The number of carboxylic acid groups (broad SMARTS) is 1. The molecular weight excluding hydrogens is 264 g/mol. The molecule has 21 heavy (non-hydrogen) atoms. The zero-order valence-corrected chi connectivity index (χ0v) is 13.1. The molecule has 0 unspecified atom stereocenters. The van der Waals surface area contributed by atoms with Gasteiger partial charge < -0.3 is 9.84 Å². The van der Waals surface area contributed by atoms with Crippen molar-refractivity contribution in [2.24, 2.45) is 0 Å². The number of hydrogen-bond acceptors (Lipinski definition) is 2. The van der Waals surface area contributed by atoms with Gasteiger partial charge in [-0.1, -0.05) is 45.1 Å². The zero-order chi connectivity index (χ0) is 15.5. The van der Waals surface area contributed by atoms with Crippen molar-refractivity contribution in [3.63, 3.8) is 0 Å². The highest BCUT2D eigenvalue weighted by molar-refractivity contribution is 5.85. The molecule has 3 nitrogen and oxygen atoms in total. The fraction of sp³-hybridized carbons (Fsp3) is 0.500. The van der Waals surface area contributed by atoms with Crippen LogP contribution in [0.2, 0.25) is 0 Å². The van der Waals surface area contributed by atoms with E-state index in [1.807, 2.05) is 18.2 Å². The lowest BCUT2D eigenvalue weighted by Crippen LogP contribution is -1.92. The molecule has 1 rings (SSSR count). The highest BCUT2D eigenvalue weighted by atomic mass is 16.5. The van der Waals surface area contributed by atoms with Crippen LogP contribution in [0.15, 0.2) is 24.3 Å². The van der Waals surface area contributed by atoms with Gasteiger partial charge in [0.25, 0.3) is 0 Å². The van der Waals surface area contributed by atoms with Crippen LogP contribution >= 0.6 is 0 Å². The van der Waals surface area contributed by atoms with Gasteiger partial charge in [-0.3, -0.25) is 0 Å². The molecule has 0 aliphatic carbocycles. The van der Waals surface area contributed by atoms with Gasteiger partial charge >= 0.3 is 5.97 Å². The minimum Gasteiger partial charge on any atom is -0.497 e. The van der Waals surface area contributed by atoms with Gasteiger partial charge in [0.05, 0.1) is 7.11 Å². The summed E-state index contributed by atoms with van der Waals surface area (Å²) < 4.78 is 5.28. The van der Waals surface area contributed by atoms with Gasteiger partial charge in [0, 0.05) is 6.08 Å². The summed E-state index contributed by atoms with van der Waals surface area (Å²) in [7, 11) is 1.63. The summed E-state index contributed by atoms with van der Waals surface area (Å²) in [4.78, 5) is 10.6. The average Bonchev–Trinajstić information content (AvgIpc) is 2.48. The Bertz CT molecular complexity index is 464. The fourth-order valence-corrected chi connectivity index (χ4v) is 2.32. The molecule has 0 heterocycles. The summed E-state index contributed by atoms with van der Waals surface area (Å²) in [5.74, 6) is -0.154. The van der Waals surface area contributed by atoms with Crippen LogP contribution in [-0.4, -0.2) is 18.2 Å². The van der Waals surface area contributed by atoms with E-state index in [2.05, 4.69) is 6.92 Å². The van der Waals surface area contributed by atoms with Crippen LogP contribution in [0.5, 0.6) is 5.75 Å². The lowest BCUT2D eigenvalue weighted by Gasteiger charge is -2.07. The first-order valence-electron chi connectivity index (χ1n) is 7.74. The average molecular weight is 290 g/mol. The SMILES string of the molecule is CCCCCCCCc1cc(C=CC(=O)O)cc(OC)c1. The fourth-order valence-electron chi connectivity index (χ4n) is 2.32. The lowest BCUT2D eigenvalue weighted by molar-refractivity contribution is -0.131. The first-order chi connectivity index (χ1) is 10.2. The first kappa shape index (κ1) is 17.3. The maximum absolute atomic E-state index is 10.6. The van der Waals surface area contributed by atoms with E-state index in [1.165, 1.54) is 44.1 Å². The van der Waals surface area contributed by atoms with E-state index < -0.39 is 5.97 Å². The lowest BCUT2D eigenvalue weighted by atomic mass is 10.0. The number of carbonyl (C=O) groups is 1. The van der Waals surface area contributed by atoms with Crippen LogP contribution in [0, 0.1) is 0 Å². The zero-order valence-electron chi connectivity index (χ0n) is 13.1. The molecule has 0 spiro atoms. The summed E-state index contributed by atoms with van der Waals surface area (Å²) in [6.07, 6.45) is 11.4. The Labute approximate surface area is 127 Å². The third-order valence-electron chi connectivity index (χ3n) is 3.46. The predicted molar refractivity (Wildman–Crippen MR) is 86.7 cm³/mol. The van der Waals surface area contributed by atoms with Crippen LogP contribution in [0.1, 0.15) is 56.6 Å². The number of unbranched alkanes of at least 4 members (excludes halogenated alkanes) is 5. The van der Waals surface area contributed by atoms with Crippen molar-refractivity contribution in [1.82, 2.24) is 0 Å². The van der Waals surface area contributed by atoms with E-state index >= 15 is 0 Å². The summed E-state index contributed by atoms with van der Waals surface area (Å²) >= 11 is 0. The van der Waals surface area contributed by atoms with Crippen molar-refractivity contribution in [3.8, 4) is 5.75 Å². The molecular formula is C18H26O3. The van der Waals surface area contributed by atoms with Crippen LogP contribution in [-0.2, 0) is 11.2 Å². The van der Waals surface area contributed by atoms with Gasteiger partial charge in [0.15, 0.2) is 0 Å². The summed E-state index contributed by atoms with van der Waals surface area (Å²) in [5.41, 5.74) is 2.08. The molecule has 0 saturated heterocycles. The van der Waals surface area contributed by atoms with Gasteiger partial charge in [0.2, 0.25) is 0 Å². The molecule has 3 heteroatoms. The topological polar surface area (TPSA) is 46.5 Å². The van der Waals surface area contributed by atoms with Crippen molar-refractivity contribution in [2.45, 2.75) is 51.9 Å². The van der Waals surface area contributed by atoms with Gasteiger partial charge in [-0.2, -0.15) is 0 Å². The molecule has 1 N–H and O–H groups in total. The number of ether oxygens (including phenoxy) is 1. The second kappa shape index (κ2) is 10.0. The molecule has 0 atom stereocenters. The third-order valence-corrected chi connectivity index (χ3v) is 3.46. The van der Waals surface area contributed by atoms with Crippen LogP contribution in [0.4, 0.5) is 0 Å². The van der Waals surface area contributed by atoms with Crippen molar-refractivity contribution < 1.29 is 14.6 Å². The normalized spacial score (nSPS) is 11.0. The summed E-state index contributed by atoms with van der Waals surface area (Å²) in [6.45, 7) is 2.22. The van der Waals surface area contributed by atoms with E-state index in [9.17, 15) is 4.79 Å². The predicted octanol–water partition coefficient (Wildman–Crippen LogP) is 4.70. The summed E-state index contributed by atoms with van der Waals surface area (Å²) in [6, 6.07) is 5.92. The molecule has 0 fully saturated rings. The van der Waals surface area contributed by atoms with Gasteiger partial charge in [0.1, 0.15) is 5.75 Å². The second-order valence-electron chi connectivity index (χ2n) is 5.30. The van der Waals surface area contributed by atoms with E-state index in [-0.39, 0.29) is 0 Å². The van der Waals surface area contributed by atoms with Crippen LogP contribution < -0.4 is 4.74 Å². The van der Waals surface area contributed by atoms with Crippen LogP contribution in [0.25, 0.3) is 6.08 Å². The molecule has 0 aliphatic rings. The molecule has 116 valence electrons. The van der Waals surface area contributed by atoms with Crippen molar-refractivity contribution in [2.75, 3.05) is 7.11 Å². The van der Waals surface area contributed by atoms with E-state index in [4.69, 9.17) is 9.84 Å². The summed E-state index contributed by atoms with van der Waals surface area (Å²) in [5, 5.41) is 8.70. The van der Waals surface area contributed by atoms with E-state index in [1.54, 1.807) is 13.2 Å². The van der Waals surface area contributed by atoms with Crippen molar-refractivity contribution in [3.05, 3.63) is 35.4 Å². The highest BCUT2D eigenvalue weighted by Crippen LogP contribution is 2.20. The molecule has 0 saturated carbocycles. The Kier molecular flexibility index (Phi) is 8.25. The minimum atomic E-state index is -0.935. The number of benzene rings is 1. The smallest absolute Gasteiger partial charge is 0.328 e. The van der Waals surface area contributed by atoms with E-state index in [0.717, 1.165) is 23.8 Å². The Morgan fingerprint density at radius 3 is 2.52 bits per heavy atom. The maximum Gasteiger partial charge on any atom is 0.328 e. The Morgan fingerprint density at radius 2 is 1.86 bits per heavy atom. The van der Waals surface area contributed by atoms with Crippen molar-refractivity contribution >= 4 is 12.0 Å². The highest BCUT2D eigenvalue weighted by Gasteiger charge is 2.01. The van der Waals surface area contributed by atoms with E-state index in [0.29, 0.717) is 0 Å². The number of carboxylic acids is 1. The van der Waals surface area contributed by atoms with Gasteiger partial charge in [-0.05, 0) is 42.2 Å². The van der Waals surface area contributed by atoms with Crippen LogP contribution in [0.3, 0.4) is 0 Å². The molecule has 1 aromatic rings. The molecule has 1 aromatic carbocycles. The minimum absolute atomic E-state index is 0.781. The largest absolute Gasteiger partial charge is 0.497 e. The third kappa shape index (κ3) is 7.54. The number of aryl methyl sites for hydroxylation is 1. The molecule has 0 amide bonds.